The molecule has 0 saturated heterocycles. The average Bonchev–Trinajstić information content (AvgIpc) is 2.39. The second-order valence-corrected chi connectivity index (χ2v) is 2.55. The molecule has 1 aliphatic rings. The van der Waals surface area contributed by atoms with Crippen LogP contribution in [0.4, 0.5) is 13.2 Å². The summed E-state index contributed by atoms with van der Waals surface area (Å²) >= 11 is 0. The van der Waals surface area contributed by atoms with Gasteiger partial charge in [-0.25, -0.2) is 0 Å². The lowest BCUT2D eigenvalue weighted by molar-refractivity contribution is -0.151. The molecule has 0 N–H and O–H groups in total. The molecule has 1 fully saturated rings. The first-order valence-corrected chi connectivity index (χ1v) is 3.12. The predicted octanol–water partition coefficient (Wildman–Crippen LogP) is 2.59. The predicted molar refractivity (Wildman–Crippen MR) is 27.9 cm³/mol. The van der Waals surface area contributed by atoms with Crippen molar-refractivity contribution in [1.82, 2.24) is 0 Å². The van der Waals surface area contributed by atoms with Gasteiger partial charge in [-0.3, -0.25) is 0 Å². The van der Waals surface area contributed by atoms with Crippen LogP contribution in [0.15, 0.2) is 0 Å². The SMILES string of the molecule is CCC1C[C@H]1C(F)(F)F. The van der Waals surface area contributed by atoms with Crippen LogP contribution in [0.5, 0.6) is 0 Å². The number of alkyl halides is 3. The van der Waals surface area contributed by atoms with E-state index in [1.54, 1.807) is 6.92 Å². The first kappa shape index (κ1) is 6.90. The molecule has 1 saturated carbocycles. The Morgan fingerprint density at radius 1 is 1.44 bits per heavy atom. The van der Waals surface area contributed by atoms with Crippen LogP contribution in [0.25, 0.3) is 0 Å². The summed E-state index contributed by atoms with van der Waals surface area (Å²) in [5.41, 5.74) is 0. The van der Waals surface area contributed by atoms with Gasteiger partial charge in [0, 0.05) is 0 Å². The summed E-state index contributed by atoms with van der Waals surface area (Å²) in [7, 11) is 0. The molecule has 54 valence electrons. The maximum atomic E-state index is 11.7. The first-order valence-electron chi connectivity index (χ1n) is 3.12. The third-order valence-corrected chi connectivity index (χ3v) is 1.87. The Morgan fingerprint density at radius 3 is 2.11 bits per heavy atom. The molecule has 1 rings (SSSR count). The van der Waals surface area contributed by atoms with Crippen molar-refractivity contribution in [2.45, 2.75) is 25.9 Å². The molecular weight excluding hydrogens is 129 g/mol. The van der Waals surface area contributed by atoms with Gasteiger partial charge >= 0.3 is 6.18 Å². The van der Waals surface area contributed by atoms with Gasteiger partial charge in [0.1, 0.15) is 0 Å². The van der Waals surface area contributed by atoms with Crippen molar-refractivity contribution in [2.75, 3.05) is 0 Å². The molecule has 3 heteroatoms. The van der Waals surface area contributed by atoms with Crippen LogP contribution in [0, 0.1) is 11.8 Å². The summed E-state index contributed by atoms with van der Waals surface area (Å²) in [6, 6.07) is 0. The molecule has 0 amide bonds. The zero-order valence-corrected chi connectivity index (χ0v) is 5.20. The molecule has 0 aromatic rings. The monoisotopic (exact) mass is 138 g/mol. The van der Waals surface area contributed by atoms with Gasteiger partial charge in [0.05, 0.1) is 5.92 Å². The molecule has 1 unspecified atom stereocenters. The van der Waals surface area contributed by atoms with E-state index in [0.717, 1.165) is 0 Å². The van der Waals surface area contributed by atoms with E-state index in [9.17, 15) is 13.2 Å². The summed E-state index contributed by atoms with van der Waals surface area (Å²) < 4.78 is 35.0. The largest absolute Gasteiger partial charge is 0.392 e. The van der Waals surface area contributed by atoms with E-state index < -0.39 is 12.1 Å². The fraction of sp³-hybridized carbons (Fsp3) is 1.00. The average molecular weight is 138 g/mol. The summed E-state index contributed by atoms with van der Waals surface area (Å²) in [4.78, 5) is 0. The fourth-order valence-electron chi connectivity index (χ4n) is 1.10. The normalized spacial score (nSPS) is 34.7. The van der Waals surface area contributed by atoms with E-state index in [0.29, 0.717) is 12.8 Å². The van der Waals surface area contributed by atoms with Gasteiger partial charge in [-0.15, -0.1) is 0 Å². The summed E-state index contributed by atoms with van der Waals surface area (Å²) in [5.74, 6) is -1.03. The van der Waals surface area contributed by atoms with E-state index in [2.05, 4.69) is 0 Å². The van der Waals surface area contributed by atoms with E-state index in [4.69, 9.17) is 0 Å². The molecule has 0 heterocycles. The Hall–Kier alpha value is -0.210. The first-order chi connectivity index (χ1) is 4.05. The topological polar surface area (TPSA) is 0 Å². The number of hydrogen-bond donors (Lipinski definition) is 0. The molecule has 9 heavy (non-hydrogen) atoms. The highest BCUT2D eigenvalue weighted by atomic mass is 19.4. The van der Waals surface area contributed by atoms with E-state index in [-0.39, 0.29) is 5.92 Å². The Balaban J connectivity index is 2.33. The number of halogens is 3. The fourth-order valence-corrected chi connectivity index (χ4v) is 1.10. The molecule has 0 spiro atoms. The zero-order valence-electron chi connectivity index (χ0n) is 5.20. The lowest BCUT2D eigenvalue weighted by Crippen LogP contribution is -2.11. The quantitative estimate of drug-likeness (QED) is 0.522. The van der Waals surface area contributed by atoms with Crippen LogP contribution in [0.2, 0.25) is 0 Å². The molecule has 0 aromatic carbocycles. The van der Waals surface area contributed by atoms with Crippen LogP contribution < -0.4 is 0 Å². The van der Waals surface area contributed by atoms with Crippen LogP contribution in [-0.4, -0.2) is 6.18 Å². The van der Waals surface area contributed by atoms with Crippen molar-refractivity contribution < 1.29 is 13.2 Å². The van der Waals surface area contributed by atoms with Crippen molar-refractivity contribution in [3.8, 4) is 0 Å². The molecule has 1 aliphatic carbocycles. The lowest BCUT2D eigenvalue weighted by Gasteiger charge is -2.02. The van der Waals surface area contributed by atoms with Gasteiger partial charge in [0.25, 0.3) is 0 Å². The number of hydrogen-bond acceptors (Lipinski definition) is 0. The Morgan fingerprint density at radius 2 is 2.00 bits per heavy atom. The van der Waals surface area contributed by atoms with Crippen molar-refractivity contribution in [1.29, 1.82) is 0 Å². The number of rotatable bonds is 1. The van der Waals surface area contributed by atoms with Gasteiger partial charge in [0.15, 0.2) is 0 Å². The molecule has 2 atom stereocenters. The van der Waals surface area contributed by atoms with E-state index in [1.165, 1.54) is 0 Å². The molecule has 0 bridgehead atoms. The van der Waals surface area contributed by atoms with Crippen LogP contribution >= 0.6 is 0 Å². The van der Waals surface area contributed by atoms with E-state index in [1.807, 2.05) is 0 Å². The van der Waals surface area contributed by atoms with Gasteiger partial charge in [-0.05, 0) is 12.3 Å². The van der Waals surface area contributed by atoms with Crippen LogP contribution in [-0.2, 0) is 0 Å². The summed E-state index contributed by atoms with van der Waals surface area (Å²) in [6.07, 6.45) is -2.88. The lowest BCUT2D eigenvalue weighted by atomic mass is 10.2. The van der Waals surface area contributed by atoms with E-state index >= 15 is 0 Å². The minimum Gasteiger partial charge on any atom is -0.171 e. The molecule has 0 aliphatic heterocycles. The molecular formula is C6H9F3. The smallest absolute Gasteiger partial charge is 0.171 e. The van der Waals surface area contributed by atoms with Crippen molar-refractivity contribution in [2.24, 2.45) is 11.8 Å². The Labute approximate surface area is 52.1 Å². The standard InChI is InChI=1S/C6H9F3/c1-2-4-3-5(4)6(7,8)9/h4-5H,2-3H2,1H3/t4?,5-/m1/s1. The second-order valence-electron chi connectivity index (χ2n) is 2.55. The Bertz CT molecular complexity index is 105. The molecule has 0 aromatic heterocycles. The summed E-state index contributed by atoms with van der Waals surface area (Å²) in [6.45, 7) is 1.80. The maximum Gasteiger partial charge on any atom is 0.392 e. The molecule has 0 nitrogen and oxygen atoms in total. The van der Waals surface area contributed by atoms with Crippen LogP contribution in [0.1, 0.15) is 19.8 Å². The van der Waals surface area contributed by atoms with Crippen molar-refractivity contribution in [3.63, 3.8) is 0 Å². The van der Waals surface area contributed by atoms with Gasteiger partial charge in [-0.1, -0.05) is 13.3 Å². The minimum absolute atomic E-state index is 0.0648. The molecule has 0 radical (unpaired) electrons. The highest BCUT2D eigenvalue weighted by Crippen LogP contribution is 2.51. The minimum atomic E-state index is -3.92. The third kappa shape index (κ3) is 1.37. The van der Waals surface area contributed by atoms with Crippen molar-refractivity contribution >= 4 is 0 Å². The maximum absolute atomic E-state index is 11.7. The zero-order chi connectivity index (χ0) is 7.07. The summed E-state index contributed by atoms with van der Waals surface area (Å²) in [5, 5.41) is 0. The van der Waals surface area contributed by atoms with Crippen molar-refractivity contribution in [3.05, 3.63) is 0 Å². The highest BCUT2D eigenvalue weighted by Gasteiger charge is 2.54. The van der Waals surface area contributed by atoms with Crippen LogP contribution in [0.3, 0.4) is 0 Å². The highest BCUT2D eigenvalue weighted by molar-refractivity contribution is 4.90. The van der Waals surface area contributed by atoms with Gasteiger partial charge in [-0.2, -0.15) is 13.2 Å². The third-order valence-electron chi connectivity index (χ3n) is 1.87. The van der Waals surface area contributed by atoms with Gasteiger partial charge < -0.3 is 0 Å². The van der Waals surface area contributed by atoms with Gasteiger partial charge in [0.2, 0.25) is 0 Å². The Kier molecular flexibility index (Phi) is 1.45. The second kappa shape index (κ2) is 1.89.